The molecule has 152 valence electrons. The van der Waals surface area contributed by atoms with E-state index in [1.165, 1.54) is 11.3 Å². The van der Waals surface area contributed by atoms with Crippen LogP contribution in [0, 0.1) is 12.8 Å². The summed E-state index contributed by atoms with van der Waals surface area (Å²) in [6.07, 6.45) is 2.87. The van der Waals surface area contributed by atoms with Crippen LogP contribution in [0.4, 0.5) is 4.79 Å². The zero-order chi connectivity index (χ0) is 20.5. The van der Waals surface area contributed by atoms with Crippen LogP contribution in [-0.4, -0.2) is 51.6 Å². The standard InChI is InChI=1S/C19H25N3O5S/c1-4-27-16(24)14(15-20-12(3)10-28-15)13(23)9-22-17(25)19(21-18(22)26)7-5-11(2)6-8-19/h10-11,23H,4-9H2,1-3H3,(H,21,26). The lowest BCUT2D eigenvalue weighted by molar-refractivity contribution is -0.136. The molecule has 0 bridgehead atoms. The van der Waals surface area contributed by atoms with Gasteiger partial charge in [-0.05, 0) is 45.4 Å². The summed E-state index contributed by atoms with van der Waals surface area (Å²) < 4.78 is 5.03. The molecule has 28 heavy (non-hydrogen) atoms. The second kappa shape index (κ2) is 7.90. The normalized spacial score (nSPS) is 25.7. The molecule has 2 fully saturated rings. The van der Waals surface area contributed by atoms with E-state index < -0.39 is 29.8 Å². The van der Waals surface area contributed by atoms with Gasteiger partial charge >= 0.3 is 12.0 Å². The number of thiazole rings is 1. The first-order valence-corrected chi connectivity index (χ1v) is 10.3. The Morgan fingerprint density at radius 3 is 2.68 bits per heavy atom. The Bertz CT molecular complexity index is 823. The Morgan fingerprint density at radius 2 is 2.11 bits per heavy atom. The molecule has 3 rings (SSSR count). The molecule has 2 heterocycles. The molecular formula is C19H25N3O5S. The predicted octanol–water partition coefficient (Wildman–Crippen LogP) is 2.78. The fourth-order valence-electron chi connectivity index (χ4n) is 3.64. The van der Waals surface area contributed by atoms with Gasteiger partial charge in [-0.1, -0.05) is 6.92 Å². The number of nitrogens with zero attached hydrogens (tertiary/aromatic N) is 2. The number of aromatic nitrogens is 1. The van der Waals surface area contributed by atoms with Crippen LogP contribution in [0.15, 0.2) is 11.1 Å². The van der Waals surface area contributed by atoms with E-state index in [0.717, 1.165) is 17.7 Å². The fourth-order valence-corrected chi connectivity index (χ4v) is 4.49. The highest BCUT2D eigenvalue weighted by Gasteiger charge is 2.52. The molecule has 1 saturated carbocycles. The van der Waals surface area contributed by atoms with Gasteiger partial charge in [-0.25, -0.2) is 14.6 Å². The number of esters is 1. The maximum absolute atomic E-state index is 13.0. The number of carbonyl (C=O) groups is 3. The van der Waals surface area contributed by atoms with Crippen LogP contribution >= 0.6 is 11.3 Å². The van der Waals surface area contributed by atoms with E-state index in [1.54, 1.807) is 19.2 Å². The highest BCUT2D eigenvalue weighted by atomic mass is 32.1. The van der Waals surface area contributed by atoms with Crippen molar-refractivity contribution in [2.45, 2.75) is 52.0 Å². The number of hydrogen-bond donors (Lipinski definition) is 2. The molecule has 2 N–H and O–H groups in total. The van der Waals surface area contributed by atoms with Gasteiger partial charge in [0.15, 0.2) is 0 Å². The van der Waals surface area contributed by atoms with Crippen LogP contribution in [-0.2, 0) is 14.3 Å². The second-order valence-corrected chi connectivity index (χ2v) is 8.28. The third-order valence-electron chi connectivity index (χ3n) is 5.28. The minimum Gasteiger partial charge on any atom is -0.509 e. The summed E-state index contributed by atoms with van der Waals surface area (Å²) in [5.41, 5.74) is -0.315. The number of aliphatic hydroxyl groups excluding tert-OH is 1. The van der Waals surface area contributed by atoms with Crippen LogP contribution in [0.2, 0.25) is 0 Å². The zero-order valence-corrected chi connectivity index (χ0v) is 17.1. The number of rotatable bonds is 5. The average molecular weight is 407 g/mol. The summed E-state index contributed by atoms with van der Waals surface area (Å²) in [5.74, 6) is -0.976. The minimum atomic E-state index is -0.897. The van der Waals surface area contributed by atoms with Crippen LogP contribution in [0.5, 0.6) is 0 Å². The van der Waals surface area contributed by atoms with Gasteiger partial charge in [0, 0.05) is 11.1 Å². The first kappa shape index (κ1) is 20.3. The number of carbonyl (C=O) groups excluding carboxylic acids is 3. The molecule has 0 atom stereocenters. The van der Waals surface area contributed by atoms with Gasteiger partial charge in [-0.2, -0.15) is 0 Å². The minimum absolute atomic E-state index is 0.112. The van der Waals surface area contributed by atoms with Gasteiger partial charge in [0.1, 0.15) is 21.9 Å². The quantitative estimate of drug-likeness (QED) is 0.336. The molecule has 9 heteroatoms. The summed E-state index contributed by atoms with van der Waals surface area (Å²) in [4.78, 5) is 43.0. The van der Waals surface area contributed by atoms with Crippen LogP contribution in [0.1, 0.15) is 50.2 Å². The van der Waals surface area contributed by atoms with Gasteiger partial charge in [0.2, 0.25) is 0 Å². The predicted molar refractivity (Wildman–Crippen MR) is 104 cm³/mol. The number of nitrogens with one attached hydrogen (secondary N) is 1. The van der Waals surface area contributed by atoms with E-state index in [0.29, 0.717) is 29.5 Å². The Kier molecular flexibility index (Phi) is 5.74. The Balaban J connectivity index is 1.88. The molecule has 1 aliphatic heterocycles. The van der Waals surface area contributed by atoms with Gasteiger partial charge in [-0.3, -0.25) is 9.69 Å². The highest BCUT2D eigenvalue weighted by molar-refractivity contribution is 7.11. The van der Waals surface area contributed by atoms with E-state index in [4.69, 9.17) is 4.74 Å². The van der Waals surface area contributed by atoms with Crippen LogP contribution < -0.4 is 5.32 Å². The lowest BCUT2D eigenvalue weighted by Gasteiger charge is -2.33. The van der Waals surface area contributed by atoms with Crippen molar-refractivity contribution in [2.75, 3.05) is 13.2 Å². The summed E-state index contributed by atoms with van der Waals surface area (Å²) in [6, 6.07) is -0.551. The number of imide groups is 1. The molecule has 1 aromatic rings. The monoisotopic (exact) mass is 407 g/mol. The Hall–Kier alpha value is -2.42. The molecule has 0 radical (unpaired) electrons. The third kappa shape index (κ3) is 3.76. The first-order chi connectivity index (χ1) is 13.3. The lowest BCUT2D eigenvalue weighted by Crippen LogP contribution is -2.49. The largest absolute Gasteiger partial charge is 0.509 e. The summed E-state index contributed by atoms with van der Waals surface area (Å²) in [5, 5.41) is 15.5. The SMILES string of the molecule is CCOC(=O)C(=C(O)CN1C(=O)NC2(CCC(C)CC2)C1=O)c1nc(C)cs1. The van der Waals surface area contributed by atoms with Crippen LogP contribution in [0.25, 0.3) is 5.57 Å². The van der Waals surface area contributed by atoms with Crippen molar-refractivity contribution in [3.63, 3.8) is 0 Å². The van der Waals surface area contributed by atoms with Gasteiger partial charge in [-0.15, -0.1) is 11.3 Å². The fraction of sp³-hybridized carbons (Fsp3) is 0.579. The molecule has 8 nitrogen and oxygen atoms in total. The van der Waals surface area contributed by atoms with Gasteiger partial charge in [0.05, 0.1) is 13.2 Å². The van der Waals surface area contributed by atoms with Crippen LogP contribution in [0.3, 0.4) is 0 Å². The van der Waals surface area contributed by atoms with Crippen molar-refractivity contribution in [3.05, 3.63) is 21.8 Å². The highest BCUT2D eigenvalue weighted by Crippen LogP contribution is 2.36. The maximum Gasteiger partial charge on any atom is 0.344 e. The van der Waals surface area contributed by atoms with Crippen molar-refractivity contribution in [1.29, 1.82) is 0 Å². The zero-order valence-electron chi connectivity index (χ0n) is 16.3. The molecule has 0 aromatic carbocycles. The molecule has 1 aromatic heterocycles. The van der Waals surface area contributed by atoms with E-state index >= 15 is 0 Å². The molecule has 0 unspecified atom stereocenters. The molecular weight excluding hydrogens is 382 g/mol. The summed E-state index contributed by atoms with van der Waals surface area (Å²) >= 11 is 1.19. The van der Waals surface area contributed by atoms with Crippen molar-refractivity contribution in [1.82, 2.24) is 15.2 Å². The van der Waals surface area contributed by atoms with Crippen molar-refractivity contribution < 1.29 is 24.2 Å². The number of amides is 3. The van der Waals surface area contributed by atoms with E-state index in [-0.39, 0.29) is 18.1 Å². The summed E-state index contributed by atoms with van der Waals surface area (Å²) in [6.45, 7) is 5.29. The number of urea groups is 1. The smallest absolute Gasteiger partial charge is 0.344 e. The molecule has 1 saturated heterocycles. The van der Waals surface area contributed by atoms with Crippen molar-refractivity contribution >= 4 is 34.8 Å². The van der Waals surface area contributed by atoms with Gasteiger partial charge < -0.3 is 15.2 Å². The summed E-state index contributed by atoms with van der Waals surface area (Å²) in [7, 11) is 0. The van der Waals surface area contributed by atoms with Gasteiger partial charge in [0.25, 0.3) is 5.91 Å². The first-order valence-electron chi connectivity index (χ1n) is 9.43. The van der Waals surface area contributed by atoms with Crippen molar-refractivity contribution in [2.24, 2.45) is 5.92 Å². The maximum atomic E-state index is 13.0. The number of hydrogen-bond acceptors (Lipinski definition) is 7. The Morgan fingerprint density at radius 1 is 1.43 bits per heavy atom. The molecule has 3 amide bonds. The molecule has 1 aliphatic carbocycles. The lowest BCUT2D eigenvalue weighted by atomic mass is 9.77. The van der Waals surface area contributed by atoms with E-state index in [2.05, 4.69) is 17.2 Å². The third-order valence-corrected chi connectivity index (χ3v) is 6.26. The Labute approximate surface area is 167 Å². The van der Waals surface area contributed by atoms with E-state index in [9.17, 15) is 19.5 Å². The topological polar surface area (TPSA) is 109 Å². The molecule has 2 aliphatic rings. The number of aliphatic hydroxyl groups is 1. The van der Waals surface area contributed by atoms with E-state index in [1.807, 2.05) is 0 Å². The average Bonchev–Trinajstić information content (AvgIpc) is 3.15. The number of aryl methyl sites for hydroxylation is 1. The number of ether oxygens (including phenoxy) is 1. The molecule has 1 spiro atoms. The van der Waals surface area contributed by atoms with Crippen molar-refractivity contribution in [3.8, 4) is 0 Å². The second-order valence-electron chi connectivity index (χ2n) is 7.42.